The van der Waals surface area contributed by atoms with Crippen LogP contribution in [0.3, 0.4) is 0 Å². The number of hydrogen-bond acceptors (Lipinski definition) is 3. The lowest BCUT2D eigenvalue weighted by molar-refractivity contribution is -0.145. The predicted octanol–water partition coefficient (Wildman–Crippen LogP) is 3.03. The fourth-order valence-corrected chi connectivity index (χ4v) is 4.24. The zero-order chi connectivity index (χ0) is 19.6. The second kappa shape index (κ2) is 7.80. The van der Waals surface area contributed by atoms with Gasteiger partial charge < -0.3 is 10.0 Å². The minimum Gasteiger partial charge on any atom is -0.481 e. The van der Waals surface area contributed by atoms with E-state index in [9.17, 15) is 19.1 Å². The van der Waals surface area contributed by atoms with E-state index < -0.39 is 17.7 Å². The Bertz CT molecular complexity index is 732. The van der Waals surface area contributed by atoms with Gasteiger partial charge in [-0.05, 0) is 64.0 Å². The first-order valence-corrected chi connectivity index (χ1v) is 9.44. The largest absolute Gasteiger partial charge is 0.481 e. The minimum atomic E-state index is -0.831. The number of hydrogen-bond donors (Lipinski definition) is 1. The average Bonchev–Trinajstić information content (AvgIpc) is 3.01. The number of rotatable bonds is 4. The molecule has 1 aromatic rings. The van der Waals surface area contributed by atoms with Crippen LogP contribution in [0.1, 0.15) is 37.0 Å². The van der Waals surface area contributed by atoms with Crippen LogP contribution in [-0.2, 0) is 4.79 Å². The molecule has 0 aromatic heterocycles. The molecule has 1 atom stereocenters. The van der Waals surface area contributed by atoms with Gasteiger partial charge >= 0.3 is 5.97 Å². The van der Waals surface area contributed by atoms with Crippen molar-refractivity contribution in [3.63, 3.8) is 0 Å². The van der Waals surface area contributed by atoms with Crippen molar-refractivity contribution < 1.29 is 19.1 Å². The van der Waals surface area contributed by atoms with Crippen molar-refractivity contribution in [2.75, 3.05) is 32.7 Å². The van der Waals surface area contributed by atoms with Gasteiger partial charge in [-0.3, -0.25) is 14.5 Å². The Kier molecular flexibility index (Phi) is 5.65. The molecule has 2 saturated heterocycles. The zero-order valence-corrected chi connectivity index (χ0v) is 15.9. The number of likely N-dealkylation sites (tertiary alicyclic amines) is 2. The number of carboxylic acid groups (broad SMARTS) is 1. The zero-order valence-electron chi connectivity index (χ0n) is 15.9. The number of carbonyl (C=O) groups is 2. The molecule has 1 unspecified atom stereocenters. The van der Waals surface area contributed by atoms with Crippen molar-refractivity contribution in [1.82, 2.24) is 9.80 Å². The molecule has 0 saturated carbocycles. The summed E-state index contributed by atoms with van der Waals surface area (Å²) < 4.78 is 13.1. The quantitative estimate of drug-likeness (QED) is 0.823. The third-order valence-corrected chi connectivity index (χ3v) is 5.93. The molecule has 3 rings (SSSR count). The van der Waals surface area contributed by atoms with E-state index in [4.69, 9.17) is 0 Å². The van der Waals surface area contributed by atoms with E-state index in [0.29, 0.717) is 12.1 Å². The highest BCUT2D eigenvalue weighted by atomic mass is 19.1. The highest BCUT2D eigenvalue weighted by Crippen LogP contribution is 2.45. The second-order valence-corrected chi connectivity index (χ2v) is 8.03. The van der Waals surface area contributed by atoms with Crippen molar-refractivity contribution in [3.05, 3.63) is 47.3 Å². The van der Waals surface area contributed by atoms with Gasteiger partial charge in [0.2, 0.25) is 0 Å². The maximum atomic E-state index is 13.1. The van der Waals surface area contributed by atoms with E-state index in [-0.39, 0.29) is 17.9 Å². The molecule has 0 radical (unpaired) electrons. The van der Waals surface area contributed by atoms with E-state index in [0.717, 1.165) is 32.5 Å². The van der Waals surface area contributed by atoms with Crippen LogP contribution in [0, 0.1) is 17.2 Å². The molecule has 2 aliphatic rings. The van der Waals surface area contributed by atoms with E-state index >= 15 is 0 Å². The first-order valence-electron chi connectivity index (χ1n) is 9.44. The Morgan fingerprint density at radius 1 is 1.22 bits per heavy atom. The van der Waals surface area contributed by atoms with Crippen LogP contribution in [0.4, 0.5) is 4.39 Å². The number of allylic oxidation sites excluding steroid dienone is 1. The molecule has 5 nitrogen and oxygen atoms in total. The molecule has 1 spiro atoms. The summed E-state index contributed by atoms with van der Waals surface area (Å²) in [5.41, 5.74) is 1.30. The highest BCUT2D eigenvalue weighted by molar-refractivity contribution is 5.95. The maximum Gasteiger partial charge on any atom is 0.308 e. The van der Waals surface area contributed by atoms with Crippen LogP contribution in [-0.4, -0.2) is 59.5 Å². The normalized spacial score (nSPS) is 22.0. The molecule has 1 amide bonds. The molecule has 0 aliphatic carbocycles. The summed E-state index contributed by atoms with van der Waals surface area (Å²) in [5.74, 6) is -1.99. The molecule has 1 aromatic carbocycles. The summed E-state index contributed by atoms with van der Waals surface area (Å²) in [5, 5.41) is 9.77. The Balaban J connectivity index is 1.72. The SMILES string of the molecule is CC(C)=CCN1CCC2(CC1)CN(C(=O)c1ccc(F)cc1)CC2C(=O)O. The van der Waals surface area contributed by atoms with Crippen LogP contribution >= 0.6 is 0 Å². The van der Waals surface area contributed by atoms with E-state index in [1.807, 2.05) is 0 Å². The van der Waals surface area contributed by atoms with Gasteiger partial charge in [0.05, 0.1) is 5.92 Å². The monoisotopic (exact) mass is 374 g/mol. The third kappa shape index (κ3) is 4.21. The van der Waals surface area contributed by atoms with Crippen LogP contribution < -0.4 is 0 Å². The molecule has 27 heavy (non-hydrogen) atoms. The lowest BCUT2D eigenvalue weighted by Crippen LogP contribution is -2.46. The standard InChI is InChI=1S/C21H27FN2O3/c1-15(2)7-10-23-11-8-21(9-12-23)14-24(13-18(21)20(26)27)19(25)16-3-5-17(22)6-4-16/h3-7,18H,8-14H2,1-2H3,(H,26,27). The van der Waals surface area contributed by atoms with Crippen molar-refractivity contribution in [2.45, 2.75) is 26.7 Å². The number of nitrogens with zero attached hydrogens (tertiary/aromatic N) is 2. The summed E-state index contributed by atoms with van der Waals surface area (Å²) in [4.78, 5) is 28.7. The number of piperidine rings is 1. The Hall–Kier alpha value is -2.21. The Labute approximate surface area is 159 Å². The topological polar surface area (TPSA) is 60.9 Å². The summed E-state index contributed by atoms with van der Waals surface area (Å²) in [6, 6.07) is 5.44. The van der Waals surface area contributed by atoms with Gasteiger partial charge in [-0.1, -0.05) is 11.6 Å². The number of halogens is 1. The molecule has 2 aliphatic heterocycles. The van der Waals surface area contributed by atoms with Crippen molar-refractivity contribution in [2.24, 2.45) is 11.3 Å². The van der Waals surface area contributed by atoms with Crippen LogP contribution in [0.5, 0.6) is 0 Å². The molecule has 0 bridgehead atoms. The number of benzene rings is 1. The number of carbonyl (C=O) groups excluding carboxylic acids is 1. The summed E-state index contributed by atoms with van der Waals surface area (Å²) in [7, 11) is 0. The lowest BCUT2D eigenvalue weighted by Gasteiger charge is -2.41. The van der Waals surface area contributed by atoms with E-state index in [1.54, 1.807) is 4.90 Å². The van der Waals surface area contributed by atoms with Crippen LogP contribution in [0.2, 0.25) is 0 Å². The fourth-order valence-electron chi connectivity index (χ4n) is 4.24. The first kappa shape index (κ1) is 19.5. The second-order valence-electron chi connectivity index (χ2n) is 8.03. The van der Waals surface area contributed by atoms with Crippen molar-refractivity contribution >= 4 is 11.9 Å². The number of carboxylic acids is 1. The average molecular weight is 374 g/mol. The summed E-state index contributed by atoms with van der Waals surface area (Å²) in [6.45, 7) is 7.38. The van der Waals surface area contributed by atoms with Gasteiger partial charge in [-0.15, -0.1) is 0 Å². The molecule has 2 heterocycles. The molecular weight excluding hydrogens is 347 g/mol. The smallest absolute Gasteiger partial charge is 0.308 e. The number of amides is 1. The Morgan fingerprint density at radius 2 is 1.85 bits per heavy atom. The highest BCUT2D eigenvalue weighted by Gasteiger charge is 2.52. The third-order valence-electron chi connectivity index (χ3n) is 5.93. The summed E-state index contributed by atoms with van der Waals surface area (Å²) >= 11 is 0. The number of aliphatic carboxylic acids is 1. The molecule has 6 heteroatoms. The van der Waals surface area contributed by atoms with E-state index in [1.165, 1.54) is 29.8 Å². The van der Waals surface area contributed by atoms with Crippen molar-refractivity contribution in [3.8, 4) is 0 Å². The van der Waals surface area contributed by atoms with Gasteiger partial charge in [-0.2, -0.15) is 0 Å². The molecule has 1 N–H and O–H groups in total. The summed E-state index contributed by atoms with van der Waals surface area (Å²) in [6.07, 6.45) is 3.73. The Morgan fingerprint density at radius 3 is 2.41 bits per heavy atom. The maximum absolute atomic E-state index is 13.1. The van der Waals surface area contributed by atoms with Crippen molar-refractivity contribution in [1.29, 1.82) is 0 Å². The van der Waals surface area contributed by atoms with Gasteiger partial charge in [-0.25, -0.2) is 4.39 Å². The van der Waals surface area contributed by atoms with Crippen LogP contribution in [0.25, 0.3) is 0 Å². The van der Waals surface area contributed by atoms with E-state index in [2.05, 4.69) is 24.8 Å². The van der Waals surface area contributed by atoms with Crippen LogP contribution in [0.15, 0.2) is 35.9 Å². The van der Waals surface area contributed by atoms with Gasteiger partial charge in [0, 0.05) is 30.6 Å². The fraction of sp³-hybridized carbons (Fsp3) is 0.524. The first-order chi connectivity index (χ1) is 12.8. The molecular formula is C21H27FN2O3. The lowest BCUT2D eigenvalue weighted by atomic mass is 9.71. The minimum absolute atomic E-state index is 0.218. The van der Waals surface area contributed by atoms with Gasteiger partial charge in [0.25, 0.3) is 5.91 Å². The molecule has 146 valence electrons. The predicted molar refractivity (Wildman–Crippen MR) is 101 cm³/mol. The van der Waals surface area contributed by atoms with Gasteiger partial charge in [0.15, 0.2) is 0 Å². The molecule has 2 fully saturated rings. The van der Waals surface area contributed by atoms with Gasteiger partial charge in [0.1, 0.15) is 5.82 Å².